The second kappa shape index (κ2) is 12.5. The maximum absolute atomic E-state index is 13.1. The Morgan fingerprint density at radius 3 is 2.38 bits per heavy atom. The SMILES string of the molecule is Cc1c(OCCCN2CCCCC2)ccc(C2CCC[C@H]3CN(C(=O)c4ccc(C(F)(F)F)cc4)CCN23)c1C. The number of benzene rings is 2. The van der Waals surface area contributed by atoms with E-state index in [1.165, 1.54) is 61.2 Å². The van der Waals surface area contributed by atoms with Crippen molar-refractivity contribution in [2.75, 3.05) is 45.9 Å². The average Bonchev–Trinajstić information content (AvgIpc) is 2.96. The van der Waals surface area contributed by atoms with Gasteiger partial charge in [0.25, 0.3) is 5.91 Å². The summed E-state index contributed by atoms with van der Waals surface area (Å²) in [4.78, 5) is 20.0. The third-order valence-corrected chi connectivity index (χ3v) is 9.15. The molecule has 2 atom stereocenters. The Labute approximate surface area is 236 Å². The van der Waals surface area contributed by atoms with Gasteiger partial charge in [-0.05, 0) is 112 Å². The standard InChI is InChI=1S/C32H42F3N3O2/c1-23-24(2)30(40-21-7-18-36-16-4-3-5-17-36)15-14-28(23)29-9-6-8-27-22-37(19-20-38(27)29)31(39)25-10-12-26(13-11-25)32(33,34)35/h10-15,27,29H,3-9,16-22H2,1-2H3/t27-,29?/m0/s1. The minimum atomic E-state index is -4.40. The number of carbonyl (C=O) groups excluding carboxylic acids is 1. The first-order valence-corrected chi connectivity index (χ1v) is 14.9. The molecule has 0 aromatic heterocycles. The number of fused-ring (bicyclic) bond motifs is 1. The maximum Gasteiger partial charge on any atom is 0.416 e. The van der Waals surface area contributed by atoms with E-state index < -0.39 is 11.7 Å². The van der Waals surface area contributed by atoms with Crippen LogP contribution in [0.2, 0.25) is 0 Å². The summed E-state index contributed by atoms with van der Waals surface area (Å²) < 4.78 is 45.0. The van der Waals surface area contributed by atoms with Gasteiger partial charge in [-0.1, -0.05) is 12.5 Å². The van der Waals surface area contributed by atoms with Gasteiger partial charge in [0.2, 0.25) is 0 Å². The summed E-state index contributed by atoms with van der Waals surface area (Å²) in [5.41, 5.74) is 3.40. The summed E-state index contributed by atoms with van der Waals surface area (Å²) in [6, 6.07) is 9.49. The van der Waals surface area contributed by atoms with Gasteiger partial charge in [0.15, 0.2) is 0 Å². The smallest absolute Gasteiger partial charge is 0.416 e. The van der Waals surface area contributed by atoms with Gasteiger partial charge in [-0.2, -0.15) is 13.2 Å². The molecule has 0 N–H and O–H groups in total. The number of piperidine rings is 2. The van der Waals surface area contributed by atoms with Crippen molar-refractivity contribution in [3.05, 3.63) is 64.2 Å². The normalized spacial score (nSPS) is 22.7. The molecule has 1 unspecified atom stereocenters. The summed E-state index contributed by atoms with van der Waals surface area (Å²) in [7, 11) is 0. The highest BCUT2D eigenvalue weighted by Crippen LogP contribution is 2.40. The maximum atomic E-state index is 13.1. The number of carbonyl (C=O) groups is 1. The summed E-state index contributed by atoms with van der Waals surface area (Å²) in [6.45, 7) is 10.5. The van der Waals surface area contributed by atoms with Crippen LogP contribution in [0.4, 0.5) is 13.2 Å². The van der Waals surface area contributed by atoms with Gasteiger partial charge in [0.1, 0.15) is 5.75 Å². The van der Waals surface area contributed by atoms with Crippen LogP contribution < -0.4 is 4.74 Å². The van der Waals surface area contributed by atoms with Crippen molar-refractivity contribution in [2.24, 2.45) is 0 Å². The molecule has 0 saturated carbocycles. The monoisotopic (exact) mass is 557 g/mol. The van der Waals surface area contributed by atoms with Gasteiger partial charge >= 0.3 is 6.18 Å². The van der Waals surface area contributed by atoms with E-state index in [0.29, 0.717) is 24.7 Å². The van der Waals surface area contributed by atoms with Crippen LogP contribution in [-0.2, 0) is 6.18 Å². The van der Waals surface area contributed by atoms with Crippen LogP contribution in [0.25, 0.3) is 0 Å². The largest absolute Gasteiger partial charge is 0.493 e. The van der Waals surface area contributed by atoms with Crippen LogP contribution in [0.3, 0.4) is 0 Å². The zero-order valence-corrected chi connectivity index (χ0v) is 23.8. The van der Waals surface area contributed by atoms with Crippen molar-refractivity contribution in [1.82, 2.24) is 14.7 Å². The third-order valence-electron chi connectivity index (χ3n) is 9.15. The Balaban J connectivity index is 1.19. The first-order chi connectivity index (χ1) is 19.2. The molecule has 3 aliphatic heterocycles. The lowest BCUT2D eigenvalue weighted by molar-refractivity contribution is -0.137. The second-order valence-corrected chi connectivity index (χ2v) is 11.7. The number of hydrogen-bond donors (Lipinski definition) is 0. The molecule has 0 aliphatic carbocycles. The van der Waals surface area contributed by atoms with Crippen molar-refractivity contribution in [3.8, 4) is 5.75 Å². The van der Waals surface area contributed by atoms with Crippen molar-refractivity contribution in [3.63, 3.8) is 0 Å². The fourth-order valence-corrected chi connectivity index (χ4v) is 6.74. The molecular weight excluding hydrogens is 515 g/mol. The molecule has 40 heavy (non-hydrogen) atoms. The summed E-state index contributed by atoms with van der Waals surface area (Å²) in [5, 5.41) is 0. The van der Waals surface area contributed by atoms with E-state index in [-0.39, 0.29) is 11.9 Å². The number of ether oxygens (including phenoxy) is 1. The van der Waals surface area contributed by atoms with Gasteiger partial charge in [0, 0.05) is 43.8 Å². The summed E-state index contributed by atoms with van der Waals surface area (Å²) in [6.07, 6.45) is 3.80. The molecule has 0 bridgehead atoms. The number of piperazine rings is 1. The first kappa shape index (κ1) is 28.9. The number of rotatable bonds is 7. The molecule has 218 valence electrons. The van der Waals surface area contributed by atoms with Crippen LogP contribution >= 0.6 is 0 Å². The molecule has 8 heteroatoms. The van der Waals surface area contributed by atoms with Gasteiger partial charge in [-0.3, -0.25) is 9.69 Å². The Kier molecular flexibility index (Phi) is 9.05. The number of hydrogen-bond acceptors (Lipinski definition) is 4. The van der Waals surface area contributed by atoms with Gasteiger partial charge < -0.3 is 14.5 Å². The van der Waals surface area contributed by atoms with Crippen molar-refractivity contribution >= 4 is 5.91 Å². The molecule has 1 amide bonds. The van der Waals surface area contributed by atoms with Crippen molar-refractivity contribution < 1.29 is 22.7 Å². The van der Waals surface area contributed by atoms with Crippen LogP contribution in [-0.4, -0.2) is 72.5 Å². The highest BCUT2D eigenvalue weighted by molar-refractivity contribution is 5.94. The zero-order chi connectivity index (χ0) is 28.3. The number of halogens is 3. The number of likely N-dealkylation sites (tertiary alicyclic amines) is 1. The predicted octanol–water partition coefficient (Wildman–Crippen LogP) is 6.63. The number of amides is 1. The van der Waals surface area contributed by atoms with Crippen molar-refractivity contribution in [1.29, 1.82) is 0 Å². The fraction of sp³-hybridized carbons (Fsp3) is 0.594. The highest BCUT2D eigenvalue weighted by atomic mass is 19.4. The van der Waals surface area contributed by atoms with E-state index in [4.69, 9.17) is 4.74 Å². The molecule has 5 nitrogen and oxygen atoms in total. The molecule has 0 spiro atoms. The Hall–Kier alpha value is -2.58. The van der Waals surface area contributed by atoms with E-state index in [0.717, 1.165) is 63.3 Å². The highest BCUT2D eigenvalue weighted by Gasteiger charge is 2.38. The minimum absolute atomic E-state index is 0.190. The van der Waals surface area contributed by atoms with Crippen LogP contribution in [0, 0.1) is 13.8 Å². The topological polar surface area (TPSA) is 36.0 Å². The molecule has 3 saturated heterocycles. The number of nitrogens with zero attached hydrogens (tertiary/aromatic N) is 3. The van der Waals surface area contributed by atoms with E-state index in [9.17, 15) is 18.0 Å². The van der Waals surface area contributed by atoms with Gasteiger partial charge in [-0.15, -0.1) is 0 Å². The molecule has 2 aromatic carbocycles. The van der Waals surface area contributed by atoms with Crippen molar-refractivity contribution in [2.45, 2.75) is 77.1 Å². The average molecular weight is 558 g/mol. The molecule has 2 aromatic rings. The first-order valence-electron chi connectivity index (χ1n) is 14.9. The predicted molar refractivity (Wildman–Crippen MR) is 151 cm³/mol. The van der Waals surface area contributed by atoms with E-state index >= 15 is 0 Å². The van der Waals surface area contributed by atoms with Crippen LogP contribution in [0.5, 0.6) is 5.75 Å². The lowest BCUT2D eigenvalue weighted by Gasteiger charge is -2.49. The Bertz CT molecular complexity index is 1160. The molecule has 3 heterocycles. The van der Waals surface area contributed by atoms with Gasteiger partial charge in [-0.25, -0.2) is 0 Å². The second-order valence-electron chi connectivity index (χ2n) is 11.7. The zero-order valence-electron chi connectivity index (χ0n) is 23.8. The van der Waals surface area contributed by atoms with E-state index in [2.05, 4.69) is 35.8 Å². The molecule has 3 fully saturated rings. The summed E-state index contributed by atoms with van der Waals surface area (Å²) >= 11 is 0. The van der Waals surface area contributed by atoms with Crippen LogP contribution in [0.15, 0.2) is 36.4 Å². The molecular formula is C32H42F3N3O2. The van der Waals surface area contributed by atoms with Crippen LogP contribution in [0.1, 0.15) is 83.6 Å². The third kappa shape index (κ3) is 6.49. The van der Waals surface area contributed by atoms with E-state index in [1.807, 2.05) is 4.90 Å². The molecule has 0 radical (unpaired) electrons. The van der Waals surface area contributed by atoms with E-state index in [1.54, 1.807) is 0 Å². The summed E-state index contributed by atoms with van der Waals surface area (Å²) in [5.74, 6) is 0.781. The van der Waals surface area contributed by atoms with Gasteiger partial charge in [0.05, 0.1) is 12.2 Å². The molecule has 5 rings (SSSR count). The lowest BCUT2D eigenvalue weighted by Crippen LogP contribution is -2.57. The minimum Gasteiger partial charge on any atom is -0.493 e. The number of alkyl halides is 3. The Morgan fingerprint density at radius 1 is 0.900 bits per heavy atom. The quantitative estimate of drug-likeness (QED) is 0.358. The molecule has 3 aliphatic rings. The fourth-order valence-electron chi connectivity index (χ4n) is 6.74. The lowest BCUT2D eigenvalue weighted by atomic mass is 9.86. The Morgan fingerprint density at radius 2 is 1.65 bits per heavy atom.